The van der Waals surface area contributed by atoms with E-state index in [0.29, 0.717) is 6.54 Å². The number of hydrogen-bond acceptors (Lipinski definition) is 5. The van der Waals surface area contributed by atoms with Crippen LogP contribution in [0.5, 0.6) is 0 Å². The van der Waals surface area contributed by atoms with Gasteiger partial charge in [-0.1, -0.05) is 11.8 Å². The topological polar surface area (TPSA) is 74.6 Å². The number of nitrogens with two attached hydrogens (primary N) is 1. The summed E-state index contributed by atoms with van der Waals surface area (Å²) in [4.78, 5) is 4.16. The zero-order chi connectivity index (χ0) is 13.0. The molecule has 0 spiro atoms. The zero-order valence-electron chi connectivity index (χ0n) is 10.7. The number of hydrogen-bond donors (Lipinski definition) is 1. The average Bonchev–Trinajstić information content (AvgIpc) is 3.01. The molecule has 0 saturated carbocycles. The maximum atomic E-state index is 5.63. The van der Waals surface area contributed by atoms with Gasteiger partial charge in [0, 0.05) is 30.7 Å². The molecule has 2 N–H and O–H groups in total. The van der Waals surface area contributed by atoms with E-state index in [4.69, 9.17) is 5.73 Å². The molecule has 0 atom stereocenters. The van der Waals surface area contributed by atoms with Crippen LogP contribution in [0.15, 0.2) is 17.7 Å². The lowest BCUT2D eigenvalue weighted by Crippen LogP contribution is -2.08. The Morgan fingerprint density at radius 3 is 2.78 bits per heavy atom. The Bertz CT molecular complexity index is 503. The maximum Gasteiger partial charge on any atom is 0.191 e. The fourth-order valence-electron chi connectivity index (χ4n) is 1.79. The van der Waals surface area contributed by atoms with Gasteiger partial charge in [-0.2, -0.15) is 0 Å². The summed E-state index contributed by atoms with van der Waals surface area (Å²) in [7, 11) is 0. The van der Waals surface area contributed by atoms with Gasteiger partial charge in [0.05, 0.1) is 12.9 Å². The van der Waals surface area contributed by atoms with Crippen LogP contribution in [0.3, 0.4) is 0 Å². The molecule has 0 amide bonds. The van der Waals surface area contributed by atoms with Crippen LogP contribution in [-0.2, 0) is 25.4 Å². The standard InChI is InChI=1S/C11H18N6S/c1-3-16-8-13-6-9(16)7-18-11-15-14-10(5-12)17(11)4-2/h6,8H,3-5,7,12H2,1-2H3. The fraction of sp³-hybridized carbons (Fsp3) is 0.545. The van der Waals surface area contributed by atoms with E-state index in [1.807, 2.05) is 12.5 Å². The number of thioether (sulfide) groups is 1. The molecule has 18 heavy (non-hydrogen) atoms. The summed E-state index contributed by atoms with van der Waals surface area (Å²) in [5.74, 6) is 1.68. The van der Waals surface area contributed by atoms with Gasteiger partial charge in [-0.3, -0.25) is 0 Å². The van der Waals surface area contributed by atoms with Crippen LogP contribution in [0.25, 0.3) is 0 Å². The van der Waals surface area contributed by atoms with E-state index in [9.17, 15) is 0 Å². The van der Waals surface area contributed by atoms with Crippen molar-refractivity contribution in [3.05, 3.63) is 24.0 Å². The second-order valence-corrected chi connectivity index (χ2v) is 4.75. The molecule has 2 aromatic rings. The molecule has 0 fully saturated rings. The van der Waals surface area contributed by atoms with Gasteiger partial charge in [0.25, 0.3) is 0 Å². The lowest BCUT2D eigenvalue weighted by molar-refractivity contribution is 0.642. The van der Waals surface area contributed by atoms with Gasteiger partial charge < -0.3 is 14.9 Å². The van der Waals surface area contributed by atoms with E-state index in [-0.39, 0.29) is 0 Å². The molecule has 0 aromatic carbocycles. The largest absolute Gasteiger partial charge is 0.334 e. The monoisotopic (exact) mass is 266 g/mol. The molecule has 0 aliphatic carbocycles. The predicted octanol–water partition coefficient (Wildman–Crippen LogP) is 1.27. The molecule has 0 saturated heterocycles. The summed E-state index contributed by atoms with van der Waals surface area (Å²) >= 11 is 1.67. The third-order valence-corrected chi connectivity index (χ3v) is 3.78. The highest BCUT2D eigenvalue weighted by Crippen LogP contribution is 2.21. The Kier molecular flexibility index (Phi) is 4.38. The van der Waals surface area contributed by atoms with Crippen molar-refractivity contribution in [3.8, 4) is 0 Å². The van der Waals surface area contributed by atoms with Crippen LogP contribution in [0.4, 0.5) is 0 Å². The quantitative estimate of drug-likeness (QED) is 0.797. The first kappa shape index (κ1) is 13.1. The highest BCUT2D eigenvalue weighted by molar-refractivity contribution is 7.98. The summed E-state index contributed by atoms with van der Waals surface area (Å²) in [5, 5.41) is 9.19. The van der Waals surface area contributed by atoms with Crippen LogP contribution in [-0.4, -0.2) is 24.3 Å². The molecule has 0 aliphatic rings. The molecular formula is C11H18N6S. The Balaban J connectivity index is 2.08. The number of nitrogens with zero attached hydrogens (tertiary/aromatic N) is 5. The predicted molar refractivity (Wildman–Crippen MR) is 71.0 cm³/mol. The van der Waals surface area contributed by atoms with Crippen molar-refractivity contribution in [2.75, 3.05) is 0 Å². The molecule has 0 radical (unpaired) electrons. The normalized spacial score (nSPS) is 11.1. The molecule has 2 aromatic heterocycles. The van der Waals surface area contributed by atoms with Gasteiger partial charge in [0.2, 0.25) is 0 Å². The Morgan fingerprint density at radius 2 is 2.11 bits per heavy atom. The van der Waals surface area contributed by atoms with Crippen molar-refractivity contribution in [3.63, 3.8) is 0 Å². The van der Waals surface area contributed by atoms with Gasteiger partial charge in [-0.15, -0.1) is 10.2 Å². The Hall–Kier alpha value is -1.34. The number of aromatic nitrogens is 5. The number of rotatable bonds is 6. The highest BCUT2D eigenvalue weighted by Gasteiger charge is 2.11. The van der Waals surface area contributed by atoms with Crippen molar-refractivity contribution in [2.45, 2.75) is 44.4 Å². The third-order valence-electron chi connectivity index (χ3n) is 2.78. The number of imidazole rings is 1. The molecule has 2 heterocycles. The second kappa shape index (κ2) is 6.01. The first-order valence-electron chi connectivity index (χ1n) is 6.04. The molecule has 0 aliphatic heterocycles. The first-order chi connectivity index (χ1) is 8.80. The minimum absolute atomic E-state index is 0.425. The summed E-state index contributed by atoms with van der Waals surface area (Å²) < 4.78 is 4.18. The van der Waals surface area contributed by atoms with Gasteiger partial charge >= 0.3 is 0 Å². The smallest absolute Gasteiger partial charge is 0.191 e. The van der Waals surface area contributed by atoms with E-state index < -0.39 is 0 Å². The average molecular weight is 266 g/mol. The fourth-order valence-corrected chi connectivity index (χ4v) is 2.79. The lowest BCUT2D eigenvalue weighted by atomic mass is 10.5. The summed E-state index contributed by atoms with van der Waals surface area (Å²) in [6, 6.07) is 0. The minimum Gasteiger partial charge on any atom is -0.334 e. The summed E-state index contributed by atoms with van der Waals surface area (Å²) in [5.41, 5.74) is 6.83. The molecule has 6 nitrogen and oxygen atoms in total. The van der Waals surface area contributed by atoms with Crippen molar-refractivity contribution >= 4 is 11.8 Å². The maximum absolute atomic E-state index is 5.63. The van der Waals surface area contributed by atoms with E-state index >= 15 is 0 Å². The van der Waals surface area contributed by atoms with Gasteiger partial charge in [-0.25, -0.2) is 4.98 Å². The van der Waals surface area contributed by atoms with Crippen LogP contribution in [0, 0.1) is 0 Å². The van der Waals surface area contributed by atoms with Crippen LogP contribution >= 0.6 is 11.8 Å². The van der Waals surface area contributed by atoms with Crippen molar-refractivity contribution < 1.29 is 0 Å². The van der Waals surface area contributed by atoms with Gasteiger partial charge in [0.15, 0.2) is 5.16 Å². The molecule has 98 valence electrons. The van der Waals surface area contributed by atoms with E-state index in [1.165, 1.54) is 5.69 Å². The first-order valence-corrected chi connectivity index (χ1v) is 7.02. The van der Waals surface area contributed by atoms with Crippen LogP contribution in [0.1, 0.15) is 25.4 Å². The zero-order valence-corrected chi connectivity index (χ0v) is 11.5. The van der Waals surface area contributed by atoms with Gasteiger partial charge in [-0.05, 0) is 13.8 Å². The van der Waals surface area contributed by atoms with Crippen LogP contribution in [0.2, 0.25) is 0 Å². The second-order valence-electron chi connectivity index (χ2n) is 3.81. The van der Waals surface area contributed by atoms with Crippen molar-refractivity contribution in [1.29, 1.82) is 0 Å². The highest BCUT2D eigenvalue weighted by atomic mass is 32.2. The SMILES string of the molecule is CCn1cncc1CSc1nnc(CN)n1CC. The molecule has 2 rings (SSSR count). The summed E-state index contributed by atoms with van der Waals surface area (Å²) in [6.45, 7) is 6.38. The number of aryl methyl sites for hydroxylation is 1. The lowest BCUT2D eigenvalue weighted by Gasteiger charge is -2.07. The van der Waals surface area contributed by atoms with E-state index in [2.05, 4.69) is 38.2 Å². The Labute approximate surface area is 111 Å². The van der Waals surface area contributed by atoms with Crippen molar-refractivity contribution in [2.24, 2.45) is 5.73 Å². The van der Waals surface area contributed by atoms with E-state index in [1.54, 1.807) is 11.8 Å². The summed E-state index contributed by atoms with van der Waals surface area (Å²) in [6.07, 6.45) is 3.75. The molecular weight excluding hydrogens is 248 g/mol. The molecule has 0 bridgehead atoms. The van der Waals surface area contributed by atoms with Crippen LogP contribution < -0.4 is 5.73 Å². The van der Waals surface area contributed by atoms with Gasteiger partial charge in [0.1, 0.15) is 5.82 Å². The van der Waals surface area contributed by atoms with Crippen molar-refractivity contribution in [1.82, 2.24) is 24.3 Å². The molecule has 0 unspecified atom stereocenters. The minimum atomic E-state index is 0.425. The van der Waals surface area contributed by atoms with E-state index in [0.717, 1.165) is 29.8 Å². The Morgan fingerprint density at radius 1 is 1.28 bits per heavy atom. The third kappa shape index (κ3) is 2.56. The molecule has 7 heteroatoms.